The third-order valence-electron chi connectivity index (χ3n) is 3.53. The number of halogens is 3. The monoisotopic (exact) mass is 330 g/mol. The zero-order valence-corrected chi connectivity index (χ0v) is 11.8. The molecule has 2 aliphatic rings. The normalized spacial score (nSPS) is 21.9. The van der Waals surface area contributed by atoms with Crippen LogP contribution in [0.3, 0.4) is 0 Å². The lowest BCUT2D eigenvalue weighted by molar-refractivity contribution is -0.142. The third kappa shape index (κ3) is 3.00. The van der Waals surface area contributed by atoms with Gasteiger partial charge in [0.05, 0.1) is 19.3 Å². The van der Waals surface area contributed by atoms with Crippen LogP contribution in [0.1, 0.15) is 25.7 Å². The van der Waals surface area contributed by atoms with Gasteiger partial charge in [0.25, 0.3) is 0 Å². The quantitative estimate of drug-likeness (QED) is 0.444. The van der Waals surface area contributed by atoms with Gasteiger partial charge in [0.15, 0.2) is 0 Å². The van der Waals surface area contributed by atoms with Crippen LogP contribution in [0, 0.1) is 0 Å². The van der Waals surface area contributed by atoms with Gasteiger partial charge in [-0.05, 0) is 19.3 Å². The lowest BCUT2D eigenvalue weighted by atomic mass is 9.75. The first-order valence-electron chi connectivity index (χ1n) is 6.05. The largest absolute Gasteiger partial charge is 0.534 e. The summed E-state index contributed by atoms with van der Waals surface area (Å²) in [7, 11) is -4.80. The molecule has 1 aliphatic carbocycles. The van der Waals surface area contributed by atoms with E-state index in [0.29, 0.717) is 12.8 Å². The fraction of sp³-hybridized carbons (Fsp3) is 0.727. The molecule has 6 nitrogen and oxygen atoms in total. The van der Waals surface area contributed by atoms with Crippen LogP contribution in [-0.2, 0) is 28.6 Å². The minimum atomic E-state index is -5.83. The van der Waals surface area contributed by atoms with Crippen molar-refractivity contribution in [3.8, 4) is 0 Å². The minimum absolute atomic E-state index is 0.202. The summed E-state index contributed by atoms with van der Waals surface area (Å²) in [6.07, 6.45) is 1.75. The Balaban J connectivity index is 2.33. The lowest BCUT2D eigenvalue weighted by Crippen LogP contribution is -2.45. The van der Waals surface area contributed by atoms with Crippen molar-refractivity contribution in [3.05, 3.63) is 11.3 Å². The SMILES string of the molecule is COC(=O)C1=C(OS(=O)(=O)C(F)(F)F)CC2(CCC2)OC1. The molecule has 21 heavy (non-hydrogen) atoms. The molecule has 1 heterocycles. The molecule has 0 radical (unpaired) electrons. The fourth-order valence-electron chi connectivity index (χ4n) is 2.20. The average Bonchev–Trinajstić information content (AvgIpc) is 2.34. The van der Waals surface area contributed by atoms with Crippen LogP contribution in [-0.4, -0.2) is 39.2 Å². The Morgan fingerprint density at radius 2 is 1.95 bits per heavy atom. The number of carbonyl (C=O) groups excluding carboxylic acids is 1. The highest BCUT2D eigenvalue weighted by molar-refractivity contribution is 7.87. The van der Waals surface area contributed by atoms with E-state index in [0.717, 1.165) is 13.5 Å². The number of hydrogen-bond acceptors (Lipinski definition) is 6. The summed E-state index contributed by atoms with van der Waals surface area (Å²) in [6, 6.07) is 0. The van der Waals surface area contributed by atoms with E-state index in [1.165, 1.54) is 0 Å². The molecule has 1 aliphatic heterocycles. The Bertz CT molecular complexity index is 573. The summed E-state index contributed by atoms with van der Waals surface area (Å²) < 4.78 is 73.5. The number of alkyl halides is 3. The summed E-state index contributed by atoms with van der Waals surface area (Å²) >= 11 is 0. The van der Waals surface area contributed by atoms with Crippen molar-refractivity contribution >= 4 is 16.1 Å². The summed E-state index contributed by atoms with van der Waals surface area (Å²) in [6.45, 7) is -0.338. The number of carbonyl (C=O) groups is 1. The fourth-order valence-corrected chi connectivity index (χ4v) is 2.72. The van der Waals surface area contributed by atoms with Gasteiger partial charge in [-0.15, -0.1) is 0 Å². The van der Waals surface area contributed by atoms with Crippen LogP contribution < -0.4 is 0 Å². The summed E-state index contributed by atoms with van der Waals surface area (Å²) in [4.78, 5) is 11.5. The first-order chi connectivity index (χ1) is 9.60. The highest BCUT2D eigenvalue weighted by Gasteiger charge is 2.51. The first-order valence-corrected chi connectivity index (χ1v) is 7.46. The van der Waals surface area contributed by atoms with Crippen LogP contribution in [0.2, 0.25) is 0 Å². The van der Waals surface area contributed by atoms with Gasteiger partial charge in [0, 0.05) is 6.42 Å². The highest BCUT2D eigenvalue weighted by atomic mass is 32.2. The molecule has 0 saturated heterocycles. The average molecular weight is 330 g/mol. The molecular weight excluding hydrogens is 317 g/mol. The molecule has 10 heteroatoms. The van der Waals surface area contributed by atoms with E-state index in [1.54, 1.807) is 0 Å². The van der Waals surface area contributed by atoms with E-state index < -0.39 is 33.0 Å². The second-order valence-electron chi connectivity index (χ2n) is 4.88. The highest BCUT2D eigenvalue weighted by Crippen LogP contribution is 2.45. The smallest absolute Gasteiger partial charge is 0.465 e. The molecule has 2 rings (SSSR count). The molecule has 120 valence electrons. The zero-order chi connectivity index (χ0) is 15.9. The number of rotatable bonds is 3. The Hall–Kier alpha value is -1.29. The standard InChI is InChI=1S/C11H13F3O6S/c1-18-9(15)7-6-19-10(3-2-4-10)5-8(7)20-21(16,17)11(12,13)14/h2-6H2,1H3. The number of methoxy groups -OCH3 is 1. The Kier molecular flexibility index (Phi) is 3.96. The maximum atomic E-state index is 12.4. The molecule has 0 aromatic carbocycles. The van der Waals surface area contributed by atoms with Crippen LogP contribution in [0.15, 0.2) is 11.3 Å². The number of hydrogen-bond donors (Lipinski definition) is 0. The maximum Gasteiger partial charge on any atom is 0.534 e. The van der Waals surface area contributed by atoms with Crippen LogP contribution >= 0.6 is 0 Å². The molecule has 1 saturated carbocycles. The van der Waals surface area contributed by atoms with Gasteiger partial charge in [0.2, 0.25) is 0 Å². The summed E-state index contributed by atoms with van der Waals surface area (Å²) in [5, 5.41) is 0. The van der Waals surface area contributed by atoms with E-state index in [9.17, 15) is 26.4 Å². The Morgan fingerprint density at radius 3 is 2.38 bits per heavy atom. The second kappa shape index (κ2) is 5.16. The van der Waals surface area contributed by atoms with Crippen molar-refractivity contribution < 1.29 is 40.0 Å². The molecular formula is C11H13F3O6S. The predicted molar refractivity (Wildman–Crippen MR) is 62.3 cm³/mol. The van der Waals surface area contributed by atoms with Crippen LogP contribution in [0.4, 0.5) is 13.2 Å². The van der Waals surface area contributed by atoms with E-state index in [4.69, 9.17) is 4.74 Å². The molecule has 0 aromatic heterocycles. The molecule has 0 atom stereocenters. The van der Waals surface area contributed by atoms with Crippen molar-refractivity contribution in [2.75, 3.05) is 13.7 Å². The van der Waals surface area contributed by atoms with E-state index >= 15 is 0 Å². The Morgan fingerprint density at radius 1 is 1.33 bits per heavy atom. The topological polar surface area (TPSA) is 78.9 Å². The molecule has 0 bridgehead atoms. The summed E-state index contributed by atoms with van der Waals surface area (Å²) in [5.74, 6) is -1.53. The van der Waals surface area contributed by atoms with Gasteiger partial charge in [-0.1, -0.05) is 0 Å². The predicted octanol–water partition coefficient (Wildman–Crippen LogP) is 1.62. The van der Waals surface area contributed by atoms with Gasteiger partial charge in [-0.3, -0.25) is 0 Å². The lowest BCUT2D eigenvalue weighted by Gasteiger charge is -2.44. The van der Waals surface area contributed by atoms with E-state index in [1.807, 2.05) is 0 Å². The number of esters is 1. The van der Waals surface area contributed by atoms with Crippen molar-refractivity contribution in [1.82, 2.24) is 0 Å². The first kappa shape index (κ1) is 16.1. The Labute approximate surface area is 119 Å². The zero-order valence-electron chi connectivity index (χ0n) is 11.0. The second-order valence-corrected chi connectivity index (χ2v) is 6.42. The van der Waals surface area contributed by atoms with Gasteiger partial charge in [0.1, 0.15) is 11.3 Å². The molecule has 0 N–H and O–H groups in total. The molecule has 1 spiro atoms. The number of ether oxygens (including phenoxy) is 2. The summed E-state index contributed by atoms with van der Waals surface area (Å²) in [5.41, 5.74) is -6.65. The maximum absolute atomic E-state index is 12.4. The van der Waals surface area contributed by atoms with Gasteiger partial charge in [-0.25, -0.2) is 4.79 Å². The van der Waals surface area contributed by atoms with Crippen LogP contribution in [0.5, 0.6) is 0 Å². The molecule has 0 amide bonds. The van der Waals surface area contributed by atoms with Crippen molar-refractivity contribution in [2.24, 2.45) is 0 Å². The van der Waals surface area contributed by atoms with Crippen molar-refractivity contribution in [2.45, 2.75) is 36.8 Å². The van der Waals surface area contributed by atoms with E-state index in [2.05, 4.69) is 8.92 Å². The third-order valence-corrected chi connectivity index (χ3v) is 4.52. The van der Waals surface area contributed by atoms with Gasteiger partial charge in [-0.2, -0.15) is 21.6 Å². The van der Waals surface area contributed by atoms with Crippen molar-refractivity contribution in [3.63, 3.8) is 0 Å². The van der Waals surface area contributed by atoms with Crippen molar-refractivity contribution in [1.29, 1.82) is 0 Å². The molecule has 1 fully saturated rings. The van der Waals surface area contributed by atoms with Gasteiger partial charge >= 0.3 is 21.6 Å². The van der Waals surface area contributed by atoms with Gasteiger partial charge < -0.3 is 13.7 Å². The van der Waals surface area contributed by atoms with Crippen LogP contribution in [0.25, 0.3) is 0 Å². The van der Waals surface area contributed by atoms with E-state index in [-0.39, 0.29) is 18.6 Å². The molecule has 0 aromatic rings. The minimum Gasteiger partial charge on any atom is -0.465 e. The molecule has 0 unspecified atom stereocenters.